The van der Waals surface area contributed by atoms with E-state index in [1.807, 2.05) is 18.2 Å². The number of halogens is 4. The summed E-state index contributed by atoms with van der Waals surface area (Å²) >= 11 is 6.10. The quantitative estimate of drug-likeness (QED) is 0.615. The van der Waals surface area contributed by atoms with Gasteiger partial charge in [0.2, 0.25) is 5.95 Å². The molecule has 3 aromatic rings. The molecule has 0 spiro atoms. The first-order valence-electron chi connectivity index (χ1n) is 7.66. The van der Waals surface area contributed by atoms with Crippen LogP contribution in [0.5, 0.6) is 0 Å². The molecule has 1 aromatic heterocycles. The van der Waals surface area contributed by atoms with Crippen LogP contribution in [-0.2, 0) is 12.7 Å². The Labute approximate surface area is 153 Å². The molecule has 134 valence electrons. The number of nitrogens with zero attached hydrogens (tertiary/aromatic N) is 2. The Morgan fingerprint density at radius 3 is 2.58 bits per heavy atom. The van der Waals surface area contributed by atoms with Crippen molar-refractivity contribution in [2.45, 2.75) is 12.7 Å². The van der Waals surface area contributed by atoms with E-state index in [0.717, 1.165) is 17.7 Å². The van der Waals surface area contributed by atoms with E-state index < -0.39 is 11.7 Å². The van der Waals surface area contributed by atoms with Gasteiger partial charge < -0.3 is 10.6 Å². The van der Waals surface area contributed by atoms with Crippen LogP contribution in [0.25, 0.3) is 0 Å². The third-order valence-corrected chi connectivity index (χ3v) is 3.88. The van der Waals surface area contributed by atoms with E-state index in [2.05, 4.69) is 20.6 Å². The largest absolute Gasteiger partial charge is 0.416 e. The van der Waals surface area contributed by atoms with E-state index in [0.29, 0.717) is 23.3 Å². The van der Waals surface area contributed by atoms with Crippen LogP contribution in [0.2, 0.25) is 5.02 Å². The van der Waals surface area contributed by atoms with E-state index in [1.165, 1.54) is 18.3 Å². The molecule has 0 aliphatic heterocycles. The van der Waals surface area contributed by atoms with Crippen LogP contribution in [0.15, 0.2) is 60.8 Å². The molecule has 0 fully saturated rings. The fourth-order valence-electron chi connectivity index (χ4n) is 2.25. The SMILES string of the molecule is FC(F)(F)c1cccc(Nc2ccnc(NCc3ccccc3Cl)n2)c1. The van der Waals surface area contributed by atoms with Gasteiger partial charge in [0.15, 0.2) is 0 Å². The molecule has 2 aromatic carbocycles. The molecule has 0 aliphatic rings. The van der Waals surface area contributed by atoms with Gasteiger partial charge in [-0.25, -0.2) is 4.98 Å². The third kappa shape index (κ3) is 4.64. The first kappa shape index (κ1) is 18.0. The van der Waals surface area contributed by atoms with Crippen molar-refractivity contribution in [3.63, 3.8) is 0 Å². The number of alkyl halides is 3. The summed E-state index contributed by atoms with van der Waals surface area (Å²) in [4.78, 5) is 8.34. The lowest BCUT2D eigenvalue weighted by molar-refractivity contribution is -0.137. The van der Waals surface area contributed by atoms with Gasteiger partial charge in [0, 0.05) is 23.5 Å². The van der Waals surface area contributed by atoms with Gasteiger partial charge in [-0.05, 0) is 35.9 Å². The zero-order valence-electron chi connectivity index (χ0n) is 13.4. The maximum Gasteiger partial charge on any atom is 0.416 e. The second-order valence-electron chi connectivity index (χ2n) is 5.41. The van der Waals surface area contributed by atoms with Gasteiger partial charge in [0.1, 0.15) is 5.82 Å². The van der Waals surface area contributed by atoms with Gasteiger partial charge >= 0.3 is 6.18 Å². The molecule has 0 amide bonds. The summed E-state index contributed by atoms with van der Waals surface area (Å²) in [6.45, 7) is 0.423. The van der Waals surface area contributed by atoms with Crippen molar-refractivity contribution in [2.24, 2.45) is 0 Å². The Kier molecular flexibility index (Phi) is 5.27. The predicted octanol–water partition coefficient (Wildman–Crippen LogP) is 5.50. The smallest absolute Gasteiger partial charge is 0.350 e. The molecule has 0 radical (unpaired) electrons. The third-order valence-electron chi connectivity index (χ3n) is 3.51. The number of aromatic nitrogens is 2. The summed E-state index contributed by atoms with van der Waals surface area (Å²) in [7, 11) is 0. The standard InChI is InChI=1S/C18H14ClF3N4/c19-15-7-2-1-4-12(15)11-24-17-23-9-8-16(26-17)25-14-6-3-5-13(10-14)18(20,21)22/h1-10H,11H2,(H2,23,24,25,26). The highest BCUT2D eigenvalue weighted by atomic mass is 35.5. The van der Waals surface area contributed by atoms with Crippen LogP contribution in [0.1, 0.15) is 11.1 Å². The molecule has 0 unspecified atom stereocenters. The van der Waals surface area contributed by atoms with Gasteiger partial charge in [0.05, 0.1) is 5.56 Å². The molecule has 0 saturated heterocycles. The molecule has 8 heteroatoms. The van der Waals surface area contributed by atoms with E-state index in [9.17, 15) is 13.2 Å². The zero-order chi connectivity index (χ0) is 18.6. The Morgan fingerprint density at radius 2 is 1.81 bits per heavy atom. The summed E-state index contributed by atoms with van der Waals surface area (Å²) in [5.74, 6) is 0.711. The van der Waals surface area contributed by atoms with Crippen LogP contribution in [0.4, 0.5) is 30.6 Å². The Balaban J connectivity index is 1.71. The molecule has 1 heterocycles. The number of hydrogen-bond acceptors (Lipinski definition) is 4. The number of anilines is 3. The number of nitrogens with one attached hydrogen (secondary N) is 2. The maximum absolute atomic E-state index is 12.8. The average Bonchev–Trinajstić information content (AvgIpc) is 2.61. The zero-order valence-corrected chi connectivity index (χ0v) is 14.1. The van der Waals surface area contributed by atoms with E-state index in [1.54, 1.807) is 12.1 Å². The predicted molar refractivity (Wildman–Crippen MR) is 95.5 cm³/mol. The monoisotopic (exact) mass is 378 g/mol. The van der Waals surface area contributed by atoms with Crippen LogP contribution < -0.4 is 10.6 Å². The van der Waals surface area contributed by atoms with Crippen LogP contribution in [-0.4, -0.2) is 9.97 Å². The molecule has 0 saturated carbocycles. The summed E-state index contributed by atoms with van der Waals surface area (Å²) in [5, 5.41) is 6.51. The first-order chi connectivity index (χ1) is 12.4. The van der Waals surface area contributed by atoms with Gasteiger partial charge in [-0.3, -0.25) is 0 Å². The van der Waals surface area contributed by atoms with Crippen molar-refractivity contribution >= 4 is 29.1 Å². The van der Waals surface area contributed by atoms with Crippen molar-refractivity contribution in [2.75, 3.05) is 10.6 Å². The Hall–Kier alpha value is -2.80. The maximum atomic E-state index is 12.8. The molecule has 3 rings (SSSR count). The molecule has 26 heavy (non-hydrogen) atoms. The van der Waals surface area contributed by atoms with Gasteiger partial charge in [-0.1, -0.05) is 35.9 Å². The molecular weight excluding hydrogens is 365 g/mol. The highest BCUT2D eigenvalue weighted by Gasteiger charge is 2.30. The van der Waals surface area contributed by atoms with Crippen LogP contribution >= 0.6 is 11.6 Å². The normalized spacial score (nSPS) is 11.2. The average molecular weight is 379 g/mol. The second kappa shape index (κ2) is 7.61. The summed E-state index contributed by atoms with van der Waals surface area (Å²) < 4.78 is 38.4. The highest BCUT2D eigenvalue weighted by Crippen LogP contribution is 2.31. The minimum Gasteiger partial charge on any atom is -0.350 e. The van der Waals surface area contributed by atoms with Crippen molar-refractivity contribution in [3.8, 4) is 0 Å². The van der Waals surface area contributed by atoms with E-state index in [4.69, 9.17) is 11.6 Å². The summed E-state index contributed by atoms with van der Waals surface area (Å²) in [6.07, 6.45) is -2.89. The fraction of sp³-hybridized carbons (Fsp3) is 0.111. The van der Waals surface area contributed by atoms with Crippen LogP contribution in [0.3, 0.4) is 0 Å². The van der Waals surface area contributed by atoms with E-state index >= 15 is 0 Å². The highest BCUT2D eigenvalue weighted by molar-refractivity contribution is 6.31. The lowest BCUT2D eigenvalue weighted by atomic mass is 10.2. The van der Waals surface area contributed by atoms with Crippen molar-refractivity contribution < 1.29 is 13.2 Å². The molecule has 2 N–H and O–H groups in total. The van der Waals surface area contributed by atoms with E-state index in [-0.39, 0.29) is 5.69 Å². The topological polar surface area (TPSA) is 49.8 Å². The van der Waals surface area contributed by atoms with Gasteiger partial charge in [0.25, 0.3) is 0 Å². The van der Waals surface area contributed by atoms with Gasteiger partial charge in [-0.15, -0.1) is 0 Å². The molecular formula is C18H14ClF3N4. The minimum absolute atomic E-state index is 0.288. The Bertz CT molecular complexity index is 899. The number of benzene rings is 2. The molecule has 0 bridgehead atoms. The summed E-state index contributed by atoms with van der Waals surface area (Å²) in [5.41, 5.74) is 0.443. The minimum atomic E-state index is -4.40. The fourth-order valence-corrected chi connectivity index (χ4v) is 2.45. The molecule has 0 atom stereocenters. The van der Waals surface area contributed by atoms with Gasteiger partial charge in [-0.2, -0.15) is 18.2 Å². The second-order valence-corrected chi connectivity index (χ2v) is 5.82. The van der Waals surface area contributed by atoms with Crippen LogP contribution in [0, 0.1) is 0 Å². The van der Waals surface area contributed by atoms with Crippen molar-refractivity contribution in [1.29, 1.82) is 0 Å². The van der Waals surface area contributed by atoms with Crippen molar-refractivity contribution in [3.05, 3.63) is 76.9 Å². The molecule has 0 aliphatic carbocycles. The first-order valence-corrected chi connectivity index (χ1v) is 8.04. The lowest BCUT2D eigenvalue weighted by Crippen LogP contribution is -2.07. The van der Waals surface area contributed by atoms with Crippen molar-refractivity contribution in [1.82, 2.24) is 9.97 Å². The number of rotatable bonds is 5. The Morgan fingerprint density at radius 1 is 1.00 bits per heavy atom. The number of hydrogen-bond donors (Lipinski definition) is 2. The lowest BCUT2D eigenvalue weighted by Gasteiger charge is -2.11. The molecule has 4 nitrogen and oxygen atoms in total. The summed E-state index contributed by atoms with van der Waals surface area (Å²) in [6, 6.07) is 13.8.